The molecule has 2 heteroatoms. The summed E-state index contributed by atoms with van der Waals surface area (Å²) in [6, 6.07) is 8.58. The third kappa shape index (κ3) is 5.53. The number of carbonyl (C=O) groups excluding carboxylic acids is 1. The second-order valence-electron chi connectivity index (χ2n) is 4.64. The topological polar surface area (TPSA) is 26.3 Å². The summed E-state index contributed by atoms with van der Waals surface area (Å²) < 4.78 is 4.94. The van der Waals surface area contributed by atoms with Gasteiger partial charge >= 0.3 is 5.97 Å². The molecular weight excluding hydrogens is 212 g/mol. The van der Waals surface area contributed by atoms with Crippen molar-refractivity contribution in [3.8, 4) is 0 Å². The Balaban J connectivity index is 2.30. The van der Waals surface area contributed by atoms with Crippen molar-refractivity contribution in [3.05, 3.63) is 35.4 Å². The molecule has 0 bridgehead atoms. The van der Waals surface area contributed by atoms with Crippen LogP contribution in [0.5, 0.6) is 0 Å². The first kappa shape index (κ1) is 13.8. The molecule has 0 aliphatic carbocycles. The zero-order valence-electron chi connectivity index (χ0n) is 11.0. The zero-order valence-corrected chi connectivity index (χ0v) is 11.0. The van der Waals surface area contributed by atoms with E-state index < -0.39 is 0 Å². The number of carbonyl (C=O) groups is 1. The molecule has 2 nitrogen and oxygen atoms in total. The van der Waals surface area contributed by atoms with E-state index in [2.05, 4.69) is 38.1 Å². The summed E-state index contributed by atoms with van der Waals surface area (Å²) >= 11 is 0. The fraction of sp³-hybridized carbons (Fsp3) is 0.533. The standard InChI is InChI=1S/C15H22O2/c1-4-17-15(16)11-13(3)7-10-14-8-5-12(2)6-9-14/h5-6,8-9,13H,4,7,10-11H2,1-3H3. The summed E-state index contributed by atoms with van der Waals surface area (Å²) in [6.07, 6.45) is 2.59. The molecule has 0 aliphatic heterocycles. The molecule has 0 spiro atoms. The first-order valence-electron chi connectivity index (χ1n) is 6.33. The van der Waals surface area contributed by atoms with Crippen molar-refractivity contribution >= 4 is 5.97 Å². The minimum Gasteiger partial charge on any atom is -0.466 e. The first-order chi connectivity index (χ1) is 8.11. The van der Waals surface area contributed by atoms with Crippen LogP contribution < -0.4 is 0 Å². The second kappa shape index (κ2) is 7.10. The van der Waals surface area contributed by atoms with Gasteiger partial charge in [-0.25, -0.2) is 0 Å². The average Bonchev–Trinajstić information content (AvgIpc) is 2.28. The van der Waals surface area contributed by atoms with E-state index in [4.69, 9.17) is 4.74 Å². The Bertz CT molecular complexity index is 340. The lowest BCUT2D eigenvalue weighted by atomic mass is 9.98. The minimum absolute atomic E-state index is 0.0797. The number of ether oxygens (including phenoxy) is 1. The molecule has 0 aliphatic rings. The Morgan fingerprint density at radius 2 is 1.94 bits per heavy atom. The van der Waals surface area contributed by atoms with Gasteiger partial charge in [-0.3, -0.25) is 4.79 Å². The van der Waals surface area contributed by atoms with Gasteiger partial charge in [-0.15, -0.1) is 0 Å². The lowest BCUT2D eigenvalue weighted by molar-refractivity contribution is -0.144. The van der Waals surface area contributed by atoms with E-state index in [1.165, 1.54) is 11.1 Å². The molecule has 0 saturated heterocycles. The van der Waals surface area contributed by atoms with E-state index in [1.807, 2.05) is 6.92 Å². The van der Waals surface area contributed by atoms with Gasteiger partial charge in [0.25, 0.3) is 0 Å². The molecule has 0 radical (unpaired) electrons. The molecule has 0 N–H and O–H groups in total. The van der Waals surface area contributed by atoms with E-state index in [0.29, 0.717) is 18.9 Å². The van der Waals surface area contributed by atoms with E-state index in [1.54, 1.807) is 0 Å². The lowest BCUT2D eigenvalue weighted by Crippen LogP contribution is -2.10. The zero-order chi connectivity index (χ0) is 12.7. The molecule has 1 rings (SSSR count). The summed E-state index contributed by atoms with van der Waals surface area (Å²) in [5.74, 6) is 0.305. The molecule has 0 heterocycles. The molecular formula is C15H22O2. The maximum Gasteiger partial charge on any atom is 0.306 e. The van der Waals surface area contributed by atoms with Crippen molar-refractivity contribution in [2.24, 2.45) is 5.92 Å². The normalized spacial score (nSPS) is 12.2. The van der Waals surface area contributed by atoms with Gasteiger partial charge in [0.15, 0.2) is 0 Å². The molecule has 0 aromatic heterocycles. The molecule has 1 unspecified atom stereocenters. The third-order valence-electron chi connectivity index (χ3n) is 2.87. The van der Waals surface area contributed by atoms with Gasteiger partial charge in [-0.2, -0.15) is 0 Å². The average molecular weight is 234 g/mol. The summed E-state index contributed by atoms with van der Waals surface area (Å²) in [6.45, 7) is 6.51. The van der Waals surface area contributed by atoms with Gasteiger partial charge in [0.1, 0.15) is 0 Å². The van der Waals surface area contributed by atoms with E-state index in [0.717, 1.165) is 12.8 Å². The number of hydrogen-bond acceptors (Lipinski definition) is 2. The Labute approximate surface area is 104 Å². The minimum atomic E-state index is -0.0797. The van der Waals surface area contributed by atoms with Crippen molar-refractivity contribution in [3.63, 3.8) is 0 Å². The smallest absolute Gasteiger partial charge is 0.306 e. The second-order valence-corrected chi connectivity index (χ2v) is 4.64. The van der Waals surface area contributed by atoms with Crippen LogP contribution in [0.4, 0.5) is 0 Å². The number of hydrogen-bond donors (Lipinski definition) is 0. The molecule has 0 amide bonds. The Hall–Kier alpha value is -1.31. The fourth-order valence-corrected chi connectivity index (χ4v) is 1.77. The van der Waals surface area contributed by atoms with Gasteiger partial charge in [-0.05, 0) is 38.2 Å². The quantitative estimate of drug-likeness (QED) is 0.704. The molecule has 1 atom stereocenters. The van der Waals surface area contributed by atoms with Gasteiger partial charge in [-0.1, -0.05) is 36.8 Å². The number of esters is 1. The van der Waals surface area contributed by atoms with Crippen molar-refractivity contribution in [1.82, 2.24) is 0 Å². The van der Waals surface area contributed by atoms with Gasteiger partial charge in [0, 0.05) is 6.42 Å². The van der Waals surface area contributed by atoms with Gasteiger partial charge in [0.05, 0.1) is 6.61 Å². The van der Waals surface area contributed by atoms with Crippen LogP contribution in [0.1, 0.15) is 37.8 Å². The monoisotopic (exact) mass is 234 g/mol. The molecule has 0 fully saturated rings. The van der Waals surface area contributed by atoms with Crippen LogP contribution in [0.3, 0.4) is 0 Å². The van der Waals surface area contributed by atoms with Gasteiger partial charge < -0.3 is 4.74 Å². The fourth-order valence-electron chi connectivity index (χ4n) is 1.77. The molecule has 1 aromatic rings. The molecule has 1 aromatic carbocycles. The van der Waals surface area contributed by atoms with Crippen LogP contribution in [0.15, 0.2) is 24.3 Å². The maximum absolute atomic E-state index is 11.3. The highest BCUT2D eigenvalue weighted by Gasteiger charge is 2.09. The number of aryl methyl sites for hydroxylation is 2. The summed E-state index contributed by atoms with van der Waals surface area (Å²) in [4.78, 5) is 11.3. The van der Waals surface area contributed by atoms with Crippen LogP contribution in [-0.2, 0) is 16.0 Å². The third-order valence-corrected chi connectivity index (χ3v) is 2.87. The van der Waals surface area contributed by atoms with Crippen LogP contribution in [0, 0.1) is 12.8 Å². The van der Waals surface area contributed by atoms with Crippen LogP contribution >= 0.6 is 0 Å². The SMILES string of the molecule is CCOC(=O)CC(C)CCc1ccc(C)cc1. The largest absolute Gasteiger partial charge is 0.466 e. The Morgan fingerprint density at radius 3 is 2.53 bits per heavy atom. The van der Waals surface area contributed by atoms with Crippen LogP contribution in [0.2, 0.25) is 0 Å². The van der Waals surface area contributed by atoms with E-state index in [9.17, 15) is 4.79 Å². The predicted octanol–water partition coefficient (Wildman–Crippen LogP) is 3.52. The van der Waals surface area contributed by atoms with Crippen molar-refractivity contribution in [1.29, 1.82) is 0 Å². The Morgan fingerprint density at radius 1 is 1.29 bits per heavy atom. The highest BCUT2D eigenvalue weighted by Crippen LogP contribution is 2.14. The lowest BCUT2D eigenvalue weighted by Gasteiger charge is -2.10. The maximum atomic E-state index is 11.3. The van der Waals surface area contributed by atoms with Crippen LogP contribution in [0.25, 0.3) is 0 Å². The van der Waals surface area contributed by atoms with E-state index in [-0.39, 0.29) is 5.97 Å². The van der Waals surface area contributed by atoms with Crippen molar-refractivity contribution in [2.75, 3.05) is 6.61 Å². The van der Waals surface area contributed by atoms with Crippen molar-refractivity contribution < 1.29 is 9.53 Å². The summed E-state index contributed by atoms with van der Waals surface area (Å²) in [5.41, 5.74) is 2.62. The highest BCUT2D eigenvalue weighted by molar-refractivity contribution is 5.69. The predicted molar refractivity (Wildman–Crippen MR) is 69.9 cm³/mol. The molecule has 17 heavy (non-hydrogen) atoms. The number of benzene rings is 1. The summed E-state index contributed by atoms with van der Waals surface area (Å²) in [5, 5.41) is 0. The molecule has 94 valence electrons. The van der Waals surface area contributed by atoms with Crippen molar-refractivity contribution in [2.45, 2.75) is 40.0 Å². The Kier molecular flexibility index (Phi) is 5.75. The van der Waals surface area contributed by atoms with E-state index >= 15 is 0 Å². The number of rotatable bonds is 6. The van der Waals surface area contributed by atoms with Gasteiger partial charge in [0.2, 0.25) is 0 Å². The summed E-state index contributed by atoms with van der Waals surface area (Å²) in [7, 11) is 0. The molecule has 0 saturated carbocycles. The highest BCUT2D eigenvalue weighted by atomic mass is 16.5. The van der Waals surface area contributed by atoms with Crippen LogP contribution in [-0.4, -0.2) is 12.6 Å². The first-order valence-corrected chi connectivity index (χ1v) is 6.33.